The van der Waals surface area contributed by atoms with Gasteiger partial charge < -0.3 is 25.3 Å². The average molecular weight is 646 g/mol. The summed E-state index contributed by atoms with van der Waals surface area (Å²) in [5, 5.41) is 28.6. The molecule has 10 heteroatoms. The van der Waals surface area contributed by atoms with Crippen LogP contribution in [0, 0.1) is 5.92 Å². The molecule has 2 aromatic carbocycles. The van der Waals surface area contributed by atoms with Gasteiger partial charge in [0.15, 0.2) is 5.89 Å². The molecule has 1 aliphatic heterocycles. The zero-order valence-corrected chi connectivity index (χ0v) is 28.4. The average Bonchev–Trinajstić information content (AvgIpc) is 3.61. The van der Waals surface area contributed by atoms with E-state index in [9.17, 15) is 19.8 Å². The number of oxazole rings is 1. The molecule has 1 aliphatic carbocycles. The number of aliphatic hydroxyl groups is 2. The van der Waals surface area contributed by atoms with Crippen molar-refractivity contribution in [2.24, 2.45) is 5.92 Å². The lowest BCUT2D eigenvalue weighted by Gasteiger charge is -2.42. The maximum absolute atomic E-state index is 13.8. The second kappa shape index (κ2) is 15.1. The van der Waals surface area contributed by atoms with Gasteiger partial charge in [0.2, 0.25) is 11.8 Å². The first-order chi connectivity index (χ1) is 22.4. The monoisotopic (exact) mass is 645 g/mol. The molecule has 4 N–H and O–H groups in total. The standard InChI is InChI=1S/C37H51N5O5/c1-24(2)36-38-28(23-47-36)20-41-15-16-42(31(22-41)35(46)40-37(3,4)5)21-29(43)18-27(17-25-11-7-6-8-12-25)34(45)39-33-30-14-10-9-13-26(30)19-32(33)44/h6-14,23-24,27,29,31-33,43-44H,15-22H2,1-5H3,(H,39,45)(H,40,46)/t27-,29+,31+,32-,33+/m1/s1. The summed E-state index contributed by atoms with van der Waals surface area (Å²) < 4.78 is 5.64. The number of amides is 2. The van der Waals surface area contributed by atoms with Crippen LogP contribution in [0.4, 0.5) is 0 Å². The molecule has 2 heterocycles. The van der Waals surface area contributed by atoms with Crippen LogP contribution in [-0.4, -0.2) is 86.8 Å². The zero-order valence-electron chi connectivity index (χ0n) is 28.4. The van der Waals surface area contributed by atoms with Crippen molar-refractivity contribution in [3.63, 3.8) is 0 Å². The van der Waals surface area contributed by atoms with Gasteiger partial charge in [-0.25, -0.2) is 4.98 Å². The van der Waals surface area contributed by atoms with Crippen molar-refractivity contribution in [3.8, 4) is 0 Å². The first kappa shape index (κ1) is 34.8. The van der Waals surface area contributed by atoms with Gasteiger partial charge in [-0.2, -0.15) is 0 Å². The SMILES string of the molecule is CC(C)c1nc(CN2CCN(C[C@@H](O)C[C@@H](Cc3ccccc3)C(=O)N[C@H]3c4ccccc4C[C@H]3O)[C@H](C(=O)NC(C)(C)C)C2)co1. The molecule has 0 unspecified atom stereocenters. The summed E-state index contributed by atoms with van der Waals surface area (Å²) >= 11 is 0. The maximum Gasteiger partial charge on any atom is 0.239 e. The number of nitrogens with zero attached hydrogens (tertiary/aromatic N) is 3. The number of β-amino-alcohol motifs (C(OH)–C–C–N with tert-alkyl or cyclic N) is 1. The molecule has 0 spiro atoms. The number of carbonyl (C=O) groups is 2. The highest BCUT2D eigenvalue weighted by molar-refractivity contribution is 5.83. The van der Waals surface area contributed by atoms with E-state index in [4.69, 9.17) is 4.42 Å². The van der Waals surface area contributed by atoms with E-state index < -0.39 is 35.7 Å². The van der Waals surface area contributed by atoms with E-state index in [-0.39, 0.29) is 30.7 Å². The molecule has 0 bridgehead atoms. The van der Waals surface area contributed by atoms with Gasteiger partial charge in [0.1, 0.15) is 12.3 Å². The predicted octanol–water partition coefficient (Wildman–Crippen LogP) is 3.58. The predicted molar refractivity (Wildman–Crippen MR) is 180 cm³/mol. The lowest BCUT2D eigenvalue weighted by molar-refractivity contribution is -0.132. The highest BCUT2D eigenvalue weighted by atomic mass is 16.3. The van der Waals surface area contributed by atoms with Crippen molar-refractivity contribution in [1.29, 1.82) is 0 Å². The van der Waals surface area contributed by atoms with Crippen LogP contribution in [0.3, 0.4) is 0 Å². The Morgan fingerprint density at radius 1 is 1.06 bits per heavy atom. The van der Waals surface area contributed by atoms with Crippen LogP contribution in [-0.2, 0) is 29.0 Å². The molecule has 3 aromatic rings. The molecular weight excluding hydrogens is 594 g/mol. The van der Waals surface area contributed by atoms with Crippen LogP contribution in [0.2, 0.25) is 0 Å². The largest absolute Gasteiger partial charge is 0.448 e. The van der Waals surface area contributed by atoms with Gasteiger partial charge in [-0.3, -0.25) is 19.4 Å². The molecule has 5 rings (SSSR count). The van der Waals surface area contributed by atoms with Gasteiger partial charge in [0, 0.05) is 56.5 Å². The minimum absolute atomic E-state index is 0.0927. The number of nitrogens with one attached hydrogen (secondary N) is 2. The Balaban J connectivity index is 1.28. The fraction of sp³-hybridized carbons (Fsp3) is 0.541. The van der Waals surface area contributed by atoms with Crippen LogP contribution in [0.1, 0.15) is 81.3 Å². The summed E-state index contributed by atoms with van der Waals surface area (Å²) in [5.41, 5.74) is 3.39. The summed E-state index contributed by atoms with van der Waals surface area (Å²) in [4.78, 5) is 36.3. The van der Waals surface area contributed by atoms with E-state index in [0.717, 1.165) is 22.4 Å². The van der Waals surface area contributed by atoms with Gasteiger partial charge in [-0.15, -0.1) is 0 Å². The summed E-state index contributed by atoms with van der Waals surface area (Å²) in [7, 11) is 0. The van der Waals surface area contributed by atoms with Crippen molar-refractivity contribution >= 4 is 11.8 Å². The Hall–Kier alpha value is -3.57. The number of rotatable bonds is 12. The number of aromatic nitrogens is 1. The Morgan fingerprint density at radius 3 is 2.49 bits per heavy atom. The van der Waals surface area contributed by atoms with E-state index in [1.807, 2.05) is 94.1 Å². The summed E-state index contributed by atoms with van der Waals surface area (Å²) in [6.07, 6.45) is 1.30. The van der Waals surface area contributed by atoms with Crippen LogP contribution in [0.25, 0.3) is 0 Å². The second-order valence-corrected chi connectivity index (χ2v) is 14.5. The summed E-state index contributed by atoms with van der Waals surface area (Å²) in [5.74, 6) is 0.0698. The van der Waals surface area contributed by atoms with Crippen molar-refractivity contribution < 1.29 is 24.2 Å². The molecule has 254 valence electrons. The number of carbonyl (C=O) groups excluding carboxylic acids is 2. The van der Waals surface area contributed by atoms with Crippen LogP contribution >= 0.6 is 0 Å². The van der Waals surface area contributed by atoms with Gasteiger partial charge in [0.25, 0.3) is 0 Å². The number of fused-ring (bicyclic) bond motifs is 1. The normalized spacial score (nSPS) is 21.7. The zero-order chi connectivity index (χ0) is 33.7. The lowest BCUT2D eigenvalue weighted by Crippen LogP contribution is -2.62. The van der Waals surface area contributed by atoms with E-state index >= 15 is 0 Å². The van der Waals surface area contributed by atoms with Gasteiger partial charge in [-0.1, -0.05) is 68.4 Å². The number of benzene rings is 2. The summed E-state index contributed by atoms with van der Waals surface area (Å²) in [6.45, 7) is 12.5. The second-order valence-electron chi connectivity index (χ2n) is 14.5. The molecule has 10 nitrogen and oxygen atoms in total. The molecule has 1 aromatic heterocycles. The fourth-order valence-corrected chi connectivity index (χ4v) is 6.70. The van der Waals surface area contributed by atoms with E-state index in [1.165, 1.54) is 0 Å². The fourth-order valence-electron chi connectivity index (χ4n) is 6.70. The van der Waals surface area contributed by atoms with Crippen LogP contribution in [0.5, 0.6) is 0 Å². The molecule has 47 heavy (non-hydrogen) atoms. The third kappa shape index (κ3) is 9.28. The number of aliphatic hydroxyl groups excluding tert-OH is 2. The molecule has 5 atom stereocenters. The van der Waals surface area contributed by atoms with Crippen molar-refractivity contribution in [2.45, 2.75) is 96.2 Å². The number of piperazine rings is 1. The third-order valence-electron chi connectivity index (χ3n) is 9.02. The van der Waals surface area contributed by atoms with E-state index in [0.29, 0.717) is 44.9 Å². The van der Waals surface area contributed by atoms with Crippen molar-refractivity contribution in [3.05, 3.63) is 89.1 Å². The number of hydrogen-bond acceptors (Lipinski definition) is 8. The van der Waals surface area contributed by atoms with Crippen molar-refractivity contribution in [1.82, 2.24) is 25.4 Å². The molecule has 1 fully saturated rings. The Bertz CT molecular complexity index is 1490. The summed E-state index contributed by atoms with van der Waals surface area (Å²) in [6, 6.07) is 16.6. The Morgan fingerprint density at radius 2 is 1.79 bits per heavy atom. The molecule has 2 amide bonds. The molecule has 0 saturated carbocycles. The highest BCUT2D eigenvalue weighted by Crippen LogP contribution is 2.32. The van der Waals surface area contributed by atoms with Crippen LogP contribution in [0.15, 0.2) is 65.3 Å². The lowest BCUT2D eigenvalue weighted by atomic mass is 9.91. The van der Waals surface area contributed by atoms with Crippen LogP contribution < -0.4 is 10.6 Å². The molecule has 0 radical (unpaired) electrons. The van der Waals surface area contributed by atoms with Gasteiger partial charge in [0.05, 0.1) is 23.9 Å². The first-order valence-corrected chi connectivity index (χ1v) is 16.9. The van der Waals surface area contributed by atoms with E-state index in [1.54, 1.807) is 6.26 Å². The molecule has 2 aliphatic rings. The Kier molecular flexibility index (Phi) is 11.2. The smallest absolute Gasteiger partial charge is 0.239 e. The highest BCUT2D eigenvalue weighted by Gasteiger charge is 2.37. The van der Waals surface area contributed by atoms with Crippen molar-refractivity contribution in [2.75, 3.05) is 26.2 Å². The quantitative estimate of drug-likeness (QED) is 0.235. The third-order valence-corrected chi connectivity index (χ3v) is 9.02. The first-order valence-electron chi connectivity index (χ1n) is 16.9. The maximum atomic E-state index is 13.8. The Labute approximate surface area is 278 Å². The van der Waals surface area contributed by atoms with Gasteiger partial charge in [-0.05, 0) is 50.3 Å². The molecule has 1 saturated heterocycles. The topological polar surface area (TPSA) is 131 Å². The minimum atomic E-state index is -0.851. The van der Waals surface area contributed by atoms with E-state index in [2.05, 4.69) is 20.5 Å². The van der Waals surface area contributed by atoms with Gasteiger partial charge >= 0.3 is 0 Å². The minimum Gasteiger partial charge on any atom is -0.448 e. The number of hydrogen-bond donors (Lipinski definition) is 4. The molecular formula is C37H51N5O5.